The van der Waals surface area contributed by atoms with Crippen molar-refractivity contribution in [1.29, 1.82) is 0 Å². The molecule has 2 aliphatic rings. The predicted octanol–water partition coefficient (Wildman–Crippen LogP) is 4.33. The maximum Gasteiger partial charge on any atom is 0.325 e. The highest BCUT2D eigenvalue weighted by Crippen LogP contribution is 2.32. The van der Waals surface area contributed by atoms with Gasteiger partial charge in [-0.1, -0.05) is 19.3 Å². The number of thiazole rings is 1. The summed E-state index contributed by atoms with van der Waals surface area (Å²) in [4.78, 5) is 44.5. The number of carbonyl (C=O) groups excluding carboxylic acids is 3. The van der Waals surface area contributed by atoms with Gasteiger partial charge in [0.05, 0.1) is 16.8 Å². The minimum absolute atomic E-state index is 0.0164. The lowest BCUT2D eigenvalue weighted by molar-refractivity contribution is 0.0549. The van der Waals surface area contributed by atoms with Crippen LogP contribution in [-0.4, -0.2) is 33.8 Å². The molecule has 1 aliphatic carbocycles. The van der Waals surface area contributed by atoms with E-state index >= 15 is 0 Å². The van der Waals surface area contributed by atoms with E-state index in [-0.39, 0.29) is 17.9 Å². The van der Waals surface area contributed by atoms with Gasteiger partial charge in [0.2, 0.25) is 0 Å². The number of nitrogens with one attached hydrogen (secondary N) is 2. The van der Waals surface area contributed by atoms with Crippen molar-refractivity contribution >= 4 is 40.0 Å². The van der Waals surface area contributed by atoms with Crippen LogP contribution in [0.5, 0.6) is 0 Å². The zero-order valence-corrected chi connectivity index (χ0v) is 16.7. The molecule has 0 unspecified atom stereocenters. The predicted molar refractivity (Wildman–Crippen MR) is 108 cm³/mol. The molecule has 4 amide bonds. The van der Waals surface area contributed by atoms with Gasteiger partial charge in [0.1, 0.15) is 0 Å². The largest absolute Gasteiger partial charge is 0.325 e. The molecule has 8 heteroatoms. The second-order valence-corrected chi connectivity index (χ2v) is 8.48. The fourth-order valence-electron chi connectivity index (χ4n) is 3.79. The maximum absolute atomic E-state index is 12.8. The van der Waals surface area contributed by atoms with E-state index in [0.29, 0.717) is 21.9 Å². The Labute approximate surface area is 167 Å². The van der Waals surface area contributed by atoms with Gasteiger partial charge >= 0.3 is 6.03 Å². The van der Waals surface area contributed by atoms with Crippen molar-refractivity contribution in [2.45, 2.75) is 52.0 Å². The first-order valence-electron chi connectivity index (χ1n) is 9.48. The first kappa shape index (κ1) is 18.6. The number of urea groups is 1. The molecule has 0 atom stereocenters. The zero-order chi connectivity index (χ0) is 19.8. The molecule has 4 rings (SSSR count). The number of rotatable bonds is 3. The van der Waals surface area contributed by atoms with E-state index in [4.69, 9.17) is 0 Å². The van der Waals surface area contributed by atoms with Crippen LogP contribution in [0.1, 0.15) is 63.4 Å². The van der Waals surface area contributed by atoms with Crippen molar-refractivity contribution in [3.05, 3.63) is 39.9 Å². The molecule has 2 N–H and O–H groups in total. The Hall–Kier alpha value is -2.74. The third-order valence-electron chi connectivity index (χ3n) is 5.36. The SMILES string of the molecule is Cc1nc(NC(=O)Nc2ccc3c(c2)C(=O)N(C2CCCCC2)C3=O)sc1C. The second kappa shape index (κ2) is 7.35. The Morgan fingerprint density at radius 3 is 2.46 bits per heavy atom. The van der Waals surface area contributed by atoms with Crippen molar-refractivity contribution in [3.8, 4) is 0 Å². The van der Waals surface area contributed by atoms with Crippen LogP contribution in [0.2, 0.25) is 0 Å². The number of fused-ring (bicyclic) bond motifs is 1. The summed E-state index contributed by atoms with van der Waals surface area (Å²) in [5, 5.41) is 5.93. The monoisotopic (exact) mass is 398 g/mol. The van der Waals surface area contributed by atoms with E-state index in [1.165, 1.54) is 16.2 Å². The van der Waals surface area contributed by atoms with Gasteiger partial charge in [0.15, 0.2) is 5.13 Å². The van der Waals surface area contributed by atoms with Gasteiger partial charge in [-0.2, -0.15) is 0 Å². The number of aromatic nitrogens is 1. The number of anilines is 2. The Kier molecular flexibility index (Phi) is 4.89. The molecule has 28 heavy (non-hydrogen) atoms. The van der Waals surface area contributed by atoms with Gasteiger partial charge < -0.3 is 5.32 Å². The first-order valence-corrected chi connectivity index (χ1v) is 10.3. The molecule has 0 bridgehead atoms. The molecule has 0 spiro atoms. The smallest absolute Gasteiger partial charge is 0.308 e. The number of amides is 4. The van der Waals surface area contributed by atoms with Crippen LogP contribution < -0.4 is 10.6 Å². The zero-order valence-electron chi connectivity index (χ0n) is 15.9. The molecule has 2 heterocycles. The average Bonchev–Trinajstić information content (AvgIpc) is 3.11. The molecule has 0 saturated heterocycles. The number of benzene rings is 1. The van der Waals surface area contributed by atoms with Crippen molar-refractivity contribution in [2.75, 3.05) is 10.6 Å². The Balaban J connectivity index is 1.49. The third-order valence-corrected chi connectivity index (χ3v) is 6.35. The number of hydrogen-bond donors (Lipinski definition) is 2. The van der Waals surface area contributed by atoms with E-state index in [0.717, 1.165) is 42.7 Å². The summed E-state index contributed by atoms with van der Waals surface area (Å²) in [5.74, 6) is -0.487. The number of aryl methyl sites for hydroxylation is 2. The summed E-state index contributed by atoms with van der Waals surface area (Å²) in [5.41, 5.74) is 2.11. The highest BCUT2D eigenvalue weighted by molar-refractivity contribution is 7.15. The summed E-state index contributed by atoms with van der Waals surface area (Å²) in [7, 11) is 0. The highest BCUT2D eigenvalue weighted by Gasteiger charge is 2.40. The van der Waals surface area contributed by atoms with Crippen LogP contribution in [0, 0.1) is 13.8 Å². The number of nitrogens with zero attached hydrogens (tertiary/aromatic N) is 2. The van der Waals surface area contributed by atoms with Crippen LogP contribution >= 0.6 is 11.3 Å². The van der Waals surface area contributed by atoms with E-state index in [2.05, 4.69) is 15.6 Å². The van der Waals surface area contributed by atoms with E-state index < -0.39 is 6.03 Å². The van der Waals surface area contributed by atoms with Gasteiger partial charge in [-0.25, -0.2) is 9.78 Å². The van der Waals surface area contributed by atoms with Crippen LogP contribution in [0.4, 0.5) is 15.6 Å². The van der Waals surface area contributed by atoms with Crippen LogP contribution in [0.15, 0.2) is 18.2 Å². The second-order valence-electron chi connectivity index (χ2n) is 7.27. The third kappa shape index (κ3) is 3.40. The molecule has 1 aliphatic heterocycles. The van der Waals surface area contributed by atoms with Gasteiger partial charge in [0, 0.05) is 16.6 Å². The highest BCUT2D eigenvalue weighted by atomic mass is 32.1. The quantitative estimate of drug-likeness (QED) is 0.753. The Morgan fingerprint density at radius 1 is 1.07 bits per heavy atom. The molecular formula is C20H22N4O3S. The normalized spacial score (nSPS) is 17.0. The number of carbonyl (C=O) groups is 3. The molecule has 1 aromatic carbocycles. The number of hydrogen-bond acceptors (Lipinski definition) is 5. The van der Waals surface area contributed by atoms with Gasteiger partial charge in [-0.3, -0.25) is 19.8 Å². The molecular weight excluding hydrogens is 376 g/mol. The summed E-state index contributed by atoms with van der Waals surface area (Å²) in [6, 6.07) is 4.39. The minimum atomic E-state index is -0.436. The topological polar surface area (TPSA) is 91.4 Å². The molecule has 0 radical (unpaired) electrons. The van der Waals surface area contributed by atoms with Gasteiger partial charge in [-0.15, -0.1) is 11.3 Å². The van der Waals surface area contributed by atoms with Crippen molar-refractivity contribution in [1.82, 2.24) is 9.88 Å². The molecule has 2 aromatic rings. The van der Waals surface area contributed by atoms with Gasteiger partial charge in [0.25, 0.3) is 11.8 Å². The lowest BCUT2D eigenvalue weighted by Gasteiger charge is -2.29. The first-order chi connectivity index (χ1) is 13.4. The lowest BCUT2D eigenvalue weighted by Crippen LogP contribution is -2.40. The minimum Gasteiger partial charge on any atom is -0.308 e. The molecule has 146 valence electrons. The summed E-state index contributed by atoms with van der Waals surface area (Å²) in [6.45, 7) is 3.83. The molecule has 1 saturated carbocycles. The Morgan fingerprint density at radius 2 is 1.79 bits per heavy atom. The number of imide groups is 1. The molecule has 1 fully saturated rings. The van der Waals surface area contributed by atoms with Crippen molar-refractivity contribution in [3.63, 3.8) is 0 Å². The van der Waals surface area contributed by atoms with E-state index in [1.807, 2.05) is 13.8 Å². The van der Waals surface area contributed by atoms with Crippen molar-refractivity contribution in [2.24, 2.45) is 0 Å². The fourth-order valence-corrected chi connectivity index (χ4v) is 4.60. The Bertz CT molecular complexity index is 943. The summed E-state index contributed by atoms with van der Waals surface area (Å²) < 4.78 is 0. The van der Waals surface area contributed by atoms with Crippen LogP contribution in [-0.2, 0) is 0 Å². The molecule has 1 aromatic heterocycles. The van der Waals surface area contributed by atoms with E-state index in [1.54, 1.807) is 18.2 Å². The average molecular weight is 398 g/mol. The van der Waals surface area contributed by atoms with Crippen molar-refractivity contribution < 1.29 is 14.4 Å². The van der Waals surface area contributed by atoms with E-state index in [9.17, 15) is 14.4 Å². The standard InChI is InChI=1S/C20H22N4O3S/c1-11-12(2)28-20(21-11)23-19(27)22-13-8-9-15-16(10-13)18(26)24(17(15)25)14-6-4-3-5-7-14/h8-10,14H,3-7H2,1-2H3,(H2,21,22,23,27). The summed E-state index contributed by atoms with van der Waals surface area (Å²) in [6.07, 6.45) is 4.97. The lowest BCUT2D eigenvalue weighted by atomic mass is 9.94. The van der Waals surface area contributed by atoms with Crippen LogP contribution in [0.25, 0.3) is 0 Å². The fraction of sp³-hybridized carbons (Fsp3) is 0.400. The molecule has 7 nitrogen and oxygen atoms in total. The summed E-state index contributed by atoms with van der Waals surface area (Å²) >= 11 is 1.40. The van der Waals surface area contributed by atoms with Crippen LogP contribution in [0.3, 0.4) is 0 Å². The maximum atomic E-state index is 12.8. The van der Waals surface area contributed by atoms with Gasteiger partial charge in [-0.05, 0) is 44.9 Å².